The van der Waals surface area contributed by atoms with Gasteiger partial charge in [0.05, 0.1) is 12.7 Å². The van der Waals surface area contributed by atoms with E-state index in [1.807, 2.05) is 91.0 Å². The first kappa shape index (κ1) is 22.2. The molecule has 0 N–H and O–H groups in total. The molecule has 5 nitrogen and oxygen atoms in total. The van der Waals surface area contributed by atoms with Crippen LogP contribution < -0.4 is 9.47 Å². The van der Waals surface area contributed by atoms with Crippen molar-refractivity contribution in [2.45, 2.75) is 6.61 Å². The van der Waals surface area contributed by atoms with E-state index in [1.165, 1.54) is 0 Å². The Hall–Kier alpha value is -4.64. The van der Waals surface area contributed by atoms with Crippen LogP contribution in [0.2, 0.25) is 0 Å². The maximum Gasteiger partial charge on any atom is 0.231 e. The molecule has 5 heteroatoms. The Morgan fingerprint density at radius 2 is 1.57 bits per heavy atom. The van der Waals surface area contributed by atoms with Crippen LogP contribution in [0.5, 0.6) is 11.5 Å². The van der Waals surface area contributed by atoms with Gasteiger partial charge in [-0.15, -0.1) is 0 Å². The van der Waals surface area contributed by atoms with E-state index in [-0.39, 0.29) is 11.7 Å². The summed E-state index contributed by atoms with van der Waals surface area (Å²) >= 11 is 0. The number of para-hydroxylation sites is 2. The van der Waals surface area contributed by atoms with Gasteiger partial charge in [0.15, 0.2) is 22.9 Å². The number of ketones is 1. The molecule has 0 atom stereocenters. The topological polar surface area (TPSA) is 61.6 Å². The second-order valence-electron chi connectivity index (χ2n) is 7.92. The Morgan fingerprint density at radius 1 is 0.857 bits per heavy atom. The Bertz CT molecular complexity index is 1450. The summed E-state index contributed by atoms with van der Waals surface area (Å²) in [4.78, 5) is 18.1. The Labute approximate surface area is 203 Å². The number of Topliss-reactive ketones (excluding diaryl/α,β-unsaturated/α-hetero) is 1. The van der Waals surface area contributed by atoms with Crippen molar-refractivity contribution in [2.75, 3.05) is 7.11 Å². The molecule has 4 aromatic carbocycles. The first-order chi connectivity index (χ1) is 17.2. The second-order valence-corrected chi connectivity index (χ2v) is 7.92. The lowest BCUT2D eigenvalue weighted by atomic mass is 10.0. The highest BCUT2D eigenvalue weighted by Gasteiger charge is 2.20. The number of rotatable bonds is 8. The largest absolute Gasteiger partial charge is 0.493 e. The highest BCUT2D eigenvalue weighted by molar-refractivity contribution is 6.31. The van der Waals surface area contributed by atoms with Crippen molar-refractivity contribution in [3.05, 3.63) is 126 Å². The summed E-state index contributed by atoms with van der Waals surface area (Å²) in [7, 11) is 1.59. The molecule has 0 unspecified atom stereocenters. The summed E-state index contributed by atoms with van der Waals surface area (Å²) in [6, 6.07) is 32.0. The molecular formula is C30H23NO4. The number of allylic oxidation sites excluding steroid dienone is 1. The monoisotopic (exact) mass is 461 g/mol. The summed E-state index contributed by atoms with van der Waals surface area (Å²) in [5.74, 6) is 1.27. The summed E-state index contributed by atoms with van der Waals surface area (Å²) in [6.07, 6.45) is 1.77. The SMILES string of the molecule is COc1cc(/C=C(/C(=O)c2ccccc2)c2nc3ccccc3o2)ccc1OCc1ccccc1. The van der Waals surface area contributed by atoms with E-state index in [0.717, 1.165) is 11.1 Å². The van der Waals surface area contributed by atoms with Crippen LogP contribution in [0.25, 0.3) is 22.7 Å². The average molecular weight is 462 g/mol. The molecule has 0 bridgehead atoms. The quantitative estimate of drug-likeness (QED) is 0.187. The number of methoxy groups -OCH3 is 1. The van der Waals surface area contributed by atoms with E-state index in [1.54, 1.807) is 25.3 Å². The molecule has 35 heavy (non-hydrogen) atoms. The number of hydrogen-bond donors (Lipinski definition) is 0. The standard InChI is InChI=1S/C30H23NO4/c1-33-28-19-22(16-17-27(28)34-20-21-10-4-2-5-11-21)18-24(29(32)23-12-6-3-7-13-23)30-31-25-14-8-9-15-26(25)35-30/h2-19H,20H2,1H3/b24-18-. The molecular weight excluding hydrogens is 438 g/mol. The summed E-state index contributed by atoms with van der Waals surface area (Å²) < 4.78 is 17.5. The van der Waals surface area contributed by atoms with Gasteiger partial charge in [0.1, 0.15) is 12.1 Å². The molecule has 1 aromatic heterocycles. The third-order valence-electron chi connectivity index (χ3n) is 5.54. The molecule has 0 radical (unpaired) electrons. The van der Waals surface area contributed by atoms with Crippen molar-refractivity contribution in [2.24, 2.45) is 0 Å². The van der Waals surface area contributed by atoms with Gasteiger partial charge in [0, 0.05) is 5.56 Å². The molecule has 0 aliphatic carbocycles. The maximum atomic E-state index is 13.5. The third kappa shape index (κ3) is 4.99. The molecule has 0 saturated carbocycles. The van der Waals surface area contributed by atoms with Gasteiger partial charge in [0.2, 0.25) is 5.89 Å². The van der Waals surface area contributed by atoms with Crippen LogP contribution in [0.15, 0.2) is 108 Å². The van der Waals surface area contributed by atoms with Crippen molar-refractivity contribution in [3.8, 4) is 11.5 Å². The van der Waals surface area contributed by atoms with Crippen LogP contribution in [0.1, 0.15) is 27.4 Å². The fraction of sp³-hybridized carbons (Fsp3) is 0.0667. The summed E-state index contributed by atoms with van der Waals surface area (Å²) in [5.41, 5.74) is 4.04. The van der Waals surface area contributed by atoms with E-state index in [2.05, 4.69) is 4.98 Å². The number of ether oxygens (including phenoxy) is 2. The van der Waals surface area contributed by atoms with Crippen molar-refractivity contribution >= 4 is 28.5 Å². The zero-order valence-corrected chi connectivity index (χ0v) is 19.2. The van der Waals surface area contributed by atoms with Crippen LogP contribution in [0.4, 0.5) is 0 Å². The number of fused-ring (bicyclic) bond motifs is 1. The average Bonchev–Trinajstić information content (AvgIpc) is 3.35. The summed E-state index contributed by atoms with van der Waals surface area (Å²) in [5, 5.41) is 0. The zero-order chi connectivity index (χ0) is 24.0. The van der Waals surface area contributed by atoms with Gasteiger partial charge in [-0.3, -0.25) is 4.79 Å². The van der Waals surface area contributed by atoms with Crippen LogP contribution in [0, 0.1) is 0 Å². The van der Waals surface area contributed by atoms with Gasteiger partial charge in [-0.05, 0) is 41.5 Å². The van der Waals surface area contributed by atoms with Gasteiger partial charge >= 0.3 is 0 Å². The first-order valence-corrected chi connectivity index (χ1v) is 11.2. The number of carbonyl (C=O) groups excluding carboxylic acids is 1. The minimum atomic E-state index is -0.180. The summed E-state index contributed by atoms with van der Waals surface area (Å²) in [6.45, 7) is 0.424. The molecule has 0 saturated heterocycles. The van der Waals surface area contributed by atoms with Crippen LogP contribution in [0.3, 0.4) is 0 Å². The van der Waals surface area contributed by atoms with Gasteiger partial charge in [-0.1, -0.05) is 78.9 Å². The number of hydrogen-bond acceptors (Lipinski definition) is 5. The lowest BCUT2D eigenvalue weighted by Crippen LogP contribution is -2.03. The molecule has 0 amide bonds. The highest BCUT2D eigenvalue weighted by atomic mass is 16.5. The smallest absolute Gasteiger partial charge is 0.231 e. The van der Waals surface area contributed by atoms with E-state index < -0.39 is 0 Å². The lowest BCUT2D eigenvalue weighted by Gasteiger charge is -2.12. The predicted octanol–water partition coefficient (Wildman–Crippen LogP) is 6.84. The first-order valence-electron chi connectivity index (χ1n) is 11.2. The van der Waals surface area contributed by atoms with Gasteiger partial charge in [-0.2, -0.15) is 0 Å². The van der Waals surface area contributed by atoms with Crippen molar-refractivity contribution in [3.63, 3.8) is 0 Å². The van der Waals surface area contributed by atoms with Crippen LogP contribution in [-0.4, -0.2) is 17.9 Å². The normalized spacial score (nSPS) is 11.4. The zero-order valence-electron chi connectivity index (χ0n) is 19.2. The third-order valence-corrected chi connectivity index (χ3v) is 5.54. The van der Waals surface area contributed by atoms with Crippen LogP contribution in [-0.2, 0) is 6.61 Å². The van der Waals surface area contributed by atoms with E-state index in [0.29, 0.717) is 40.3 Å². The number of carbonyl (C=O) groups is 1. The Kier molecular flexibility index (Phi) is 6.39. The minimum Gasteiger partial charge on any atom is -0.493 e. The van der Waals surface area contributed by atoms with E-state index >= 15 is 0 Å². The number of aromatic nitrogens is 1. The molecule has 0 fully saturated rings. The predicted molar refractivity (Wildman–Crippen MR) is 136 cm³/mol. The van der Waals surface area contributed by atoms with Crippen LogP contribution >= 0.6 is 0 Å². The number of nitrogens with zero attached hydrogens (tertiary/aromatic N) is 1. The van der Waals surface area contributed by atoms with Gasteiger partial charge < -0.3 is 13.9 Å². The van der Waals surface area contributed by atoms with E-state index in [9.17, 15) is 4.79 Å². The molecule has 5 aromatic rings. The van der Waals surface area contributed by atoms with Crippen molar-refractivity contribution < 1.29 is 18.7 Å². The molecule has 1 heterocycles. The molecule has 0 spiro atoms. The van der Waals surface area contributed by atoms with Crippen molar-refractivity contribution in [1.29, 1.82) is 0 Å². The van der Waals surface area contributed by atoms with Gasteiger partial charge in [0.25, 0.3) is 0 Å². The Morgan fingerprint density at radius 3 is 2.31 bits per heavy atom. The molecule has 5 rings (SSSR count). The van der Waals surface area contributed by atoms with Crippen molar-refractivity contribution in [1.82, 2.24) is 4.98 Å². The Balaban J connectivity index is 1.51. The minimum absolute atomic E-state index is 0.180. The lowest BCUT2D eigenvalue weighted by molar-refractivity contribution is 0.105. The van der Waals surface area contributed by atoms with E-state index in [4.69, 9.17) is 13.9 Å². The fourth-order valence-corrected chi connectivity index (χ4v) is 3.75. The van der Waals surface area contributed by atoms with Gasteiger partial charge in [-0.25, -0.2) is 4.98 Å². The molecule has 172 valence electrons. The molecule has 0 aliphatic heterocycles. The molecule has 0 aliphatic rings. The fourth-order valence-electron chi connectivity index (χ4n) is 3.75. The number of oxazole rings is 1. The number of benzene rings is 4. The maximum absolute atomic E-state index is 13.5. The second kappa shape index (κ2) is 10.1. The highest BCUT2D eigenvalue weighted by Crippen LogP contribution is 2.32.